The number of rotatable bonds is 2. The summed E-state index contributed by atoms with van der Waals surface area (Å²) in [6.45, 7) is 0.900. The minimum Gasteiger partial charge on any atom is -0.486 e. The van der Waals surface area contributed by atoms with Crippen molar-refractivity contribution >= 4 is 40.9 Å². The van der Waals surface area contributed by atoms with Crippen molar-refractivity contribution in [2.24, 2.45) is 0 Å². The molecule has 0 aliphatic carbocycles. The maximum Gasteiger partial charge on any atom is 0.270 e. The molecule has 2 aliphatic heterocycles. The lowest BCUT2D eigenvalue weighted by Gasteiger charge is -2.29. The Bertz CT molecular complexity index is 988. The van der Waals surface area contributed by atoms with E-state index in [2.05, 4.69) is 5.32 Å². The molecule has 2 heterocycles. The molecule has 0 spiro atoms. The normalized spacial score (nSPS) is 17.9. The summed E-state index contributed by atoms with van der Waals surface area (Å²) < 4.78 is 24.2. The van der Waals surface area contributed by atoms with E-state index in [0.29, 0.717) is 36.0 Å². The zero-order valence-corrected chi connectivity index (χ0v) is 14.7. The number of carbonyl (C=O) groups is 2. The highest BCUT2D eigenvalue weighted by atomic mass is 32.1. The van der Waals surface area contributed by atoms with Crippen molar-refractivity contribution in [3.63, 3.8) is 0 Å². The van der Waals surface area contributed by atoms with E-state index in [4.69, 9.17) is 21.7 Å². The van der Waals surface area contributed by atoms with Crippen molar-refractivity contribution in [2.45, 2.75) is 0 Å². The fraction of sp³-hybridized carbons (Fsp3) is 0.105. The van der Waals surface area contributed by atoms with E-state index in [0.717, 1.165) is 4.90 Å². The highest BCUT2D eigenvalue weighted by Crippen LogP contribution is 2.32. The van der Waals surface area contributed by atoms with Crippen molar-refractivity contribution in [1.82, 2.24) is 5.32 Å². The smallest absolute Gasteiger partial charge is 0.270 e. The summed E-state index contributed by atoms with van der Waals surface area (Å²) in [4.78, 5) is 26.3. The van der Waals surface area contributed by atoms with Crippen LogP contribution in [0.3, 0.4) is 0 Å². The van der Waals surface area contributed by atoms with Gasteiger partial charge in [0.25, 0.3) is 11.8 Å². The summed E-state index contributed by atoms with van der Waals surface area (Å²) in [5, 5.41) is 2.43. The molecule has 1 fully saturated rings. The quantitative estimate of drug-likeness (QED) is 0.489. The van der Waals surface area contributed by atoms with E-state index in [9.17, 15) is 14.0 Å². The van der Waals surface area contributed by atoms with Crippen LogP contribution in [0, 0.1) is 5.82 Å². The molecule has 0 unspecified atom stereocenters. The van der Waals surface area contributed by atoms with Crippen LogP contribution in [0.2, 0.25) is 0 Å². The van der Waals surface area contributed by atoms with E-state index < -0.39 is 17.6 Å². The van der Waals surface area contributed by atoms with Gasteiger partial charge in [0.2, 0.25) is 0 Å². The van der Waals surface area contributed by atoms with Crippen molar-refractivity contribution in [3.05, 3.63) is 59.4 Å². The number of hydrogen-bond acceptors (Lipinski definition) is 5. The molecule has 2 aromatic carbocycles. The molecule has 1 saturated heterocycles. The third-order valence-electron chi connectivity index (χ3n) is 4.06. The average Bonchev–Trinajstić information content (AvgIpc) is 2.66. The molecule has 2 aliphatic rings. The van der Waals surface area contributed by atoms with Crippen LogP contribution in [0.1, 0.15) is 5.56 Å². The molecule has 4 rings (SSSR count). The lowest BCUT2D eigenvalue weighted by atomic mass is 10.1. The minimum atomic E-state index is -0.599. The van der Waals surface area contributed by atoms with Crippen molar-refractivity contribution < 1.29 is 23.5 Å². The molecule has 0 bridgehead atoms. The molecular weight excluding hydrogens is 371 g/mol. The van der Waals surface area contributed by atoms with Gasteiger partial charge in [0, 0.05) is 0 Å². The lowest BCUT2D eigenvalue weighted by Crippen LogP contribution is -2.54. The van der Waals surface area contributed by atoms with Crippen LogP contribution < -0.4 is 19.7 Å². The van der Waals surface area contributed by atoms with E-state index >= 15 is 0 Å². The SMILES string of the molecule is O=C1NC(=S)N(c2ccc(F)cc2)C(=O)/C1=C/c1ccc2c(c1)OCCO2. The largest absolute Gasteiger partial charge is 0.486 e. The second-order valence-corrected chi connectivity index (χ2v) is 6.22. The zero-order chi connectivity index (χ0) is 19.0. The molecule has 0 atom stereocenters. The Morgan fingerprint density at radius 2 is 1.74 bits per heavy atom. The van der Waals surface area contributed by atoms with E-state index in [-0.39, 0.29) is 10.7 Å². The number of benzene rings is 2. The number of anilines is 1. The first-order valence-electron chi connectivity index (χ1n) is 8.09. The van der Waals surface area contributed by atoms with Gasteiger partial charge >= 0.3 is 0 Å². The Balaban J connectivity index is 1.70. The van der Waals surface area contributed by atoms with E-state index in [1.807, 2.05) is 0 Å². The summed E-state index contributed by atoms with van der Waals surface area (Å²) in [6, 6.07) is 10.4. The molecular formula is C19H13FN2O4S. The Morgan fingerprint density at radius 3 is 2.48 bits per heavy atom. The molecule has 0 aromatic heterocycles. The first-order chi connectivity index (χ1) is 13.0. The molecule has 27 heavy (non-hydrogen) atoms. The van der Waals surface area contributed by atoms with Crippen LogP contribution in [0.5, 0.6) is 11.5 Å². The van der Waals surface area contributed by atoms with Crippen LogP contribution in [-0.2, 0) is 9.59 Å². The number of carbonyl (C=O) groups excluding carboxylic acids is 2. The van der Waals surface area contributed by atoms with Gasteiger partial charge in [-0.25, -0.2) is 4.39 Å². The number of nitrogens with one attached hydrogen (secondary N) is 1. The number of hydrogen-bond donors (Lipinski definition) is 1. The Morgan fingerprint density at radius 1 is 1.04 bits per heavy atom. The Kier molecular flexibility index (Phi) is 4.33. The summed E-state index contributed by atoms with van der Waals surface area (Å²) in [7, 11) is 0. The fourth-order valence-electron chi connectivity index (χ4n) is 2.80. The number of amides is 2. The predicted molar refractivity (Wildman–Crippen MR) is 100 cm³/mol. The van der Waals surface area contributed by atoms with Gasteiger partial charge in [-0.3, -0.25) is 19.8 Å². The number of ether oxygens (including phenoxy) is 2. The Labute approximate surface area is 159 Å². The summed E-state index contributed by atoms with van der Waals surface area (Å²) in [5.41, 5.74) is 0.869. The zero-order valence-electron chi connectivity index (χ0n) is 13.9. The van der Waals surface area contributed by atoms with Crippen LogP contribution in [0.4, 0.5) is 10.1 Å². The topological polar surface area (TPSA) is 67.9 Å². The molecule has 1 N–H and O–H groups in total. The van der Waals surface area contributed by atoms with Gasteiger partial charge < -0.3 is 9.47 Å². The van der Waals surface area contributed by atoms with E-state index in [1.165, 1.54) is 30.3 Å². The first kappa shape index (κ1) is 17.2. The number of nitrogens with zero attached hydrogens (tertiary/aromatic N) is 1. The summed E-state index contributed by atoms with van der Waals surface area (Å²) in [6.07, 6.45) is 1.45. The summed E-state index contributed by atoms with van der Waals surface area (Å²) >= 11 is 5.11. The van der Waals surface area contributed by atoms with Crippen molar-refractivity contribution in [2.75, 3.05) is 18.1 Å². The molecule has 0 radical (unpaired) electrons. The first-order valence-corrected chi connectivity index (χ1v) is 8.50. The molecule has 136 valence electrons. The highest BCUT2D eigenvalue weighted by Gasteiger charge is 2.34. The van der Waals surface area contributed by atoms with Gasteiger partial charge in [-0.1, -0.05) is 6.07 Å². The number of fused-ring (bicyclic) bond motifs is 1. The maximum absolute atomic E-state index is 13.2. The number of thiocarbonyl (C=S) groups is 1. The highest BCUT2D eigenvalue weighted by molar-refractivity contribution is 7.80. The average molecular weight is 384 g/mol. The van der Waals surface area contributed by atoms with Crippen molar-refractivity contribution in [1.29, 1.82) is 0 Å². The second kappa shape index (κ2) is 6.81. The maximum atomic E-state index is 13.2. The molecule has 6 nitrogen and oxygen atoms in total. The van der Waals surface area contributed by atoms with Gasteiger partial charge in [0.1, 0.15) is 24.6 Å². The molecule has 2 aromatic rings. The van der Waals surface area contributed by atoms with Crippen LogP contribution in [0.25, 0.3) is 6.08 Å². The van der Waals surface area contributed by atoms with Gasteiger partial charge in [-0.05, 0) is 60.3 Å². The van der Waals surface area contributed by atoms with Crippen LogP contribution in [-0.4, -0.2) is 30.1 Å². The predicted octanol–water partition coefficient (Wildman–Crippen LogP) is 2.43. The van der Waals surface area contributed by atoms with E-state index in [1.54, 1.807) is 18.2 Å². The minimum absolute atomic E-state index is 0.0593. The lowest BCUT2D eigenvalue weighted by molar-refractivity contribution is -0.122. The van der Waals surface area contributed by atoms with Crippen LogP contribution in [0.15, 0.2) is 48.0 Å². The van der Waals surface area contributed by atoms with Gasteiger partial charge in [0.15, 0.2) is 16.6 Å². The molecule has 2 amide bonds. The van der Waals surface area contributed by atoms with Gasteiger partial charge in [0.05, 0.1) is 5.69 Å². The number of halogens is 1. The second-order valence-electron chi connectivity index (χ2n) is 5.84. The third kappa shape index (κ3) is 3.26. The third-order valence-corrected chi connectivity index (χ3v) is 4.35. The van der Waals surface area contributed by atoms with Crippen molar-refractivity contribution in [3.8, 4) is 11.5 Å². The van der Waals surface area contributed by atoms with Gasteiger partial charge in [-0.2, -0.15) is 0 Å². The monoisotopic (exact) mass is 384 g/mol. The fourth-order valence-corrected chi connectivity index (χ4v) is 3.08. The van der Waals surface area contributed by atoms with Crippen LogP contribution >= 0.6 is 12.2 Å². The molecule has 0 saturated carbocycles. The molecule has 8 heteroatoms. The summed E-state index contributed by atoms with van der Waals surface area (Å²) in [5.74, 6) is -0.476. The standard InChI is InChI=1S/C19H13FN2O4S/c20-12-2-4-13(5-3-12)22-18(24)14(17(23)21-19(22)27)9-11-1-6-15-16(10-11)26-8-7-25-15/h1-6,9-10H,7-8H2,(H,21,23,27)/b14-9+. The van der Waals surface area contributed by atoms with Gasteiger partial charge in [-0.15, -0.1) is 0 Å². The Hall–Kier alpha value is -3.26.